The van der Waals surface area contributed by atoms with E-state index in [0.29, 0.717) is 11.8 Å². The third kappa shape index (κ3) is 3.34. The first-order chi connectivity index (χ1) is 12.6. The number of aryl methyl sites for hydroxylation is 1. The van der Waals surface area contributed by atoms with Crippen molar-refractivity contribution in [3.63, 3.8) is 0 Å². The minimum Gasteiger partial charge on any atom is -0.462 e. The molecule has 2 heterocycles. The van der Waals surface area contributed by atoms with Gasteiger partial charge in [-0.15, -0.1) is 0 Å². The number of imidazole rings is 1. The maximum absolute atomic E-state index is 12.5. The van der Waals surface area contributed by atoms with E-state index >= 15 is 0 Å². The number of rotatable bonds is 6. The second-order valence-corrected chi connectivity index (χ2v) is 8.76. The zero-order chi connectivity index (χ0) is 18.1. The molecule has 0 amide bonds. The number of hydrogen-bond acceptors (Lipinski definition) is 4. The summed E-state index contributed by atoms with van der Waals surface area (Å²) < 4.78 is 7.90. The van der Waals surface area contributed by atoms with Gasteiger partial charge in [-0.1, -0.05) is 19.1 Å². The largest absolute Gasteiger partial charge is 0.462 e. The van der Waals surface area contributed by atoms with Crippen LogP contribution in [0.5, 0.6) is 0 Å². The molecule has 1 saturated heterocycles. The molecule has 2 saturated carbocycles. The van der Waals surface area contributed by atoms with Gasteiger partial charge in [0.25, 0.3) is 0 Å². The molecule has 1 N–H and O–H groups in total. The molecule has 1 aromatic rings. The van der Waals surface area contributed by atoms with E-state index in [1.54, 1.807) is 6.20 Å². The van der Waals surface area contributed by atoms with Gasteiger partial charge in [0, 0.05) is 31.4 Å². The lowest BCUT2D eigenvalue weighted by Crippen LogP contribution is -2.45. The average Bonchev–Trinajstić information content (AvgIpc) is 3.21. The van der Waals surface area contributed by atoms with Crippen molar-refractivity contribution >= 4 is 5.97 Å². The number of esters is 1. The predicted octanol–water partition coefficient (Wildman–Crippen LogP) is 3.18. The van der Waals surface area contributed by atoms with Crippen LogP contribution in [0, 0.1) is 23.2 Å². The number of carbonyl (C=O) groups is 1. The summed E-state index contributed by atoms with van der Waals surface area (Å²) in [5.74, 6) is 0.940. The first-order valence-corrected chi connectivity index (χ1v) is 10.1. The lowest BCUT2D eigenvalue weighted by molar-refractivity contribution is -0.146. The Labute approximate surface area is 156 Å². The SMILES string of the molecule is C=C1CCC[C@]2(C)C[C@H]3OC(=O)[C@H](CNCCCn4ccnc4)[C@H]3C[C@H]12. The molecule has 5 heteroatoms. The van der Waals surface area contributed by atoms with Crippen molar-refractivity contribution in [1.82, 2.24) is 14.9 Å². The summed E-state index contributed by atoms with van der Waals surface area (Å²) >= 11 is 0. The van der Waals surface area contributed by atoms with Gasteiger partial charge in [0.1, 0.15) is 6.10 Å². The summed E-state index contributed by atoms with van der Waals surface area (Å²) in [6, 6.07) is 0. The Bertz CT molecular complexity index is 656. The van der Waals surface area contributed by atoms with Crippen LogP contribution >= 0.6 is 0 Å². The highest BCUT2D eigenvalue weighted by molar-refractivity contribution is 5.75. The topological polar surface area (TPSA) is 56.1 Å². The number of hydrogen-bond donors (Lipinski definition) is 1. The highest BCUT2D eigenvalue weighted by atomic mass is 16.6. The predicted molar refractivity (Wildman–Crippen MR) is 100 cm³/mol. The van der Waals surface area contributed by atoms with Gasteiger partial charge in [0.2, 0.25) is 0 Å². The number of allylic oxidation sites excluding steroid dienone is 1. The smallest absolute Gasteiger partial charge is 0.310 e. The van der Waals surface area contributed by atoms with Gasteiger partial charge < -0.3 is 14.6 Å². The Morgan fingerprint density at radius 1 is 1.50 bits per heavy atom. The highest BCUT2D eigenvalue weighted by Gasteiger charge is 2.54. The van der Waals surface area contributed by atoms with Gasteiger partial charge >= 0.3 is 5.97 Å². The summed E-state index contributed by atoms with van der Waals surface area (Å²) in [6.45, 7) is 9.35. The van der Waals surface area contributed by atoms with Crippen LogP contribution in [0.25, 0.3) is 0 Å². The molecule has 0 aromatic carbocycles. The minimum absolute atomic E-state index is 0.00696. The molecule has 0 radical (unpaired) electrons. The molecule has 5 atom stereocenters. The van der Waals surface area contributed by atoms with E-state index < -0.39 is 0 Å². The van der Waals surface area contributed by atoms with Crippen LogP contribution in [-0.2, 0) is 16.1 Å². The Kier molecular flexibility index (Phi) is 4.91. The third-order valence-corrected chi connectivity index (χ3v) is 7.01. The monoisotopic (exact) mass is 357 g/mol. The van der Waals surface area contributed by atoms with Crippen LogP contribution in [0.3, 0.4) is 0 Å². The zero-order valence-corrected chi connectivity index (χ0v) is 15.8. The van der Waals surface area contributed by atoms with Crippen LogP contribution in [0.1, 0.15) is 45.4 Å². The molecule has 0 bridgehead atoms. The van der Waals surface area contributed by atoms with Gasteiger partial charge in [-0.05, 0) is 56.4 Å². The third-order valence-electron chi connectivity index (χ3n) is 7.01. The van der Waals surface area contributed by atoms with Crippen LogP contribution in [0.4, 0.5) is 0 Å². The second kappa shape index (κ2) is 7.18. The van der Waals surface area contributed by atoms with Crippen LogP contribution in [0.2, 0.25) is 0 Å². The average molecular weight is 357 g/mol. The highest BCUT2D eigenvalue weighted by Crippen LogP contribution is 2.56. The summed E-state index contributed by atoms with van der Waals surface area (Å²) in [5.41, 5.74) is 1.69. The minimum atomic E-state index is 0.00696. The van der Waals surface area contributed by atoms with Gasteiger partial charge in [0.15, 0.2) is 0 Å². The number of ether oxygens (including phenoxy) is 1. The van der Waals surface area contributed by atoms with Crippen LogP contribution < -0.4 is 5.32 Å². The Morgan fingerprint density at radius 2 is 2.38 bits per heavy atom. The molecule has 3 aliphatic rings. The fourth-order valence-electron chi connectivity index (χ4n) is 5.55. The lowest BCUT2D eigenvalue weighted by Gasteiger charge is -2.50. The maximum Gasteiger partial charge on any atom is 0.310 e. The van der Waals surface area contributed by atoms with Crippen molar-refractivity contribution in [2.24, 2.45) is 23.2 Å². The van der Waals surface area contributed by atoms with Crippen molar-refractivity contribution in [3.05, 3.63) is 30.9 Å². The Morgan fingerprint density at radius 3 is 3.19 bits per heavy atom. The molecule has 1 aliphatic heterocycles. The van der Waals surface area contributed by atoms with E-state index in [9.17, 15) is 4.79 Å². The quantitative estimate of drug-likeness (QED) is 0.483. The Hall–Kier alpha value is -1.62. The molecule has 2 aliphatic carbocycles. The zero-order valence-electron chi connectivity index (χ0n) is 15.8. The number of carbonyl (C=O) groups excluding carboxylic acids is 1. The molecule has 0 spiro atoms. The van der Waals surface area contributed by atoms with E-state index in [1.165, 1.54) is 18.4 Å². The summed E-state index contributed by atoms with van der Waals surface area (Å²) in [5, 5.41) is 3.49. The maximum atomic E-state index is 12.5. The summed E-state index contributed by atoms with van der Waals surface area (Å²) in [7, 11) is 0. The fourth-order valence-corrected chi connectivity index (χ4v) is 5.55. The van der Waals surface area contributed by atoms with Crippen molar-refractivity contribution in [3.8, 4) is 0 Å². The molecule has 0 unspecified atom stereocenters. The number of fused-ring (bicyclic) bond motifs is 2. The van der Waals surface area contributed by atoms with Crippen molar-refractivity contribution in [1.29, 1.82) is 0 Å². The number of nitrogens with one attached hydrogen (secondary N) is 1. The van der Waals surface area contributed by atoms with E-state index in [-0.39, 0.29) is 23.4 Å². The van der Waals surface area contributed by atoms with E-state index in [4.69, 9.17) is 4.74 Å². The van der Waals surface area contributed by atoms with Crippen molar-refractivity contribution < 1.29 is 9.53 Å². The number of aromatic nitrogens is 2. The normalized spacial score (nSPS) is 36.5. The van der Waals surface area contributed by atoms with Crippen LogP contribution in [0.15, 0.2) is 30.9 Å². The first kappa shape index (κ1) is 17.8. The van der Waals surface area contributed by atoms with Crippen molar-refractivity contribution in [2.45, 2.75) is 58.1 Å². The second-order valence-electron chi connectivity index (χ2n) is 8.76. The number of nitrogens with zero attached hydrogens (tertiary/aromatic N) is 2. The van der Waals surface area contributed by atoms with Gasteiger partial charge in [-0.25, -0.2) is 4.98 Å². The van der Waals surface area contributed by atoms with E-state index in [0.717, 1.165) is 45.3 Å². The van der Waals surface area contributed by atoms with Crippen molar-refractivity contribution in [2.75, 3.05) is 13.1 Å². The molecule has 4 rings (SSSR count). The fraction of sp³-hybridized carbons (Fsp3) is 0.714. The molecule has 26 heavy (non-hydrogen) atoms. The first-order valence-electron chi connectivity index (χ1n) is 10.1. The molecule has 3 fully saturated rings. The summed E-state index contributed by atoms with van der Waals surface area (Å²) in [6.07, 6.45) is 12.5. The molecule has 1 aromatic heterocycles. The van der Waals surface area contributed by atoms with Gasteiger partial charge in [0.05, 0.1) is 12.2 Å². The summed E-state index contributed by atoms with van der Waals surface area (Å²) in [4.78, 5) is 16.5. The molecular formula is C21H31N3O2. The van der Waals surface area contributed by atoms with Crippen LogP contribution in [-0.4, -0.2) is 34.7 Å². The molecule has 5 nitrogen and oxygen atoms in total. The molecular weight excluding hydrogens is 326 g/mol. The Balaban J connectivity index is 1.31. The van der Waals surface area contributed by atoms with E-state index in [2.05, 4.69) is 28.4 Å². The van der Waals surface area contributed by atoms with E-state index in [1.807, 2.05) is 12.5 Å². The van der Waals surface area contributed by atoms with Gasteiger partial charge in [-0.3, -0.25) is 4.79 Å². The van der Waals surface area contributed by atoms with Gasteiger partial charge in [-0.2, -0.15) is 0 Å². The molecule has 142 valence electrons. The standard InChI is InChI=1S/C21H31N3O2/c1-15-5-3-6-21(2)12-19-16(11-18(15)21)17(20(25)26-19)13-22-7-4-9-24-10-8-23-14-24/h8,10,14,16-19,22H,1,3-7,9,11-13H2,2H3/t16-,17-,18-,19-,21-/m1/s1. The lowest BCUT2D eigenvalue weighted by atomic mass is 9.55.